The van der Waals surface area contributed by atoms with Crippen molar-refractivity contribution < 1.29 is 14.4 Å². The molecule has 3 rings (SSSR count). The predicted molar refractivity (Wildman–Crippen MR) is 91.9 cm³/mol. The van der Waals surface area contributed by atoms with Crippen LogP contribution in [0.15, 0.2) is 24.3 Å². The highest BCUT2D eigenvalue weighted by atomic mass is 35.5. The Labute approximate surface area is 146 Å². The van der Waals surface area contributed by atoms with Crippen LogP contribution in [0, 0.1) is 11.8 Å². The lowest BCUT2D eigenvalue weighted by atomic mass is 9.88. The molecule has 7 nitrogen and oxygen atoms in total. The Bertz CT molecular complexity index is 677. The van der Waals surface area contributed by atoms with Crippen LogP contribution in [-0.2, 0) is 15.1 Å². The van der Waals surface area contributed by atoms with Gasteiger partial charge in [0.05, 0.1) is 0 Å². The smallest absolute Gasteiger partial charge is 0.322 e. The Kier molecular flexibility index (Phi) is 5.15. The Morgan fingerprint density at radius 1 is 1.33 bits per heavy atom. The Morgan fingerprint density at radius 2 is 2.04 bits per heavy atom. The molecule has 4 amide bonds. The zero-order valence-corrected chi connectivity index (χ0v) is 14.3. The summed E-state index contributed by atoms with van der Waals surface area (Å²) in [7, 11) is 0. The molecule has 2 atom stereocenters. The first-order chi connectivity index (χ1) is 10.9. The number of rotatable bonds is 4. The van der Waals surface area contributed by atoms with Crippen molar-refractivity contribution in [2.75, 3.05) is 18.4 Å². The summed E-state index contributed by atoms with van der Waals surface area (Å²) in [5.74, 6) is -0.167. The maximum absolute atomic E-state index is 12.3. The summed E-state index contributed by atoms with van der Waals surface area (Å²) in [6, 6.07) is 6.47. The minimum atomic E-state index is -1.12. The van der Waals surface area contributed by atoms with Crippen molar-refractivity contribution in [2.24, 2.45) is 11.8 Å². The number of nitrogens with one attached hydrogen (secondary N) is 4. The van der Waals surface area contributed by atoms with Crippen LogP contribution < -0.4 is 21.3 Å². The van der Waals surface area contributed by atoms with E-state index in [1.165, 1.54) is 0 Å². The Balaban J connectivity index is 0.00000208. The third-order valence-electron chi connectivity index (χ3n) is 4.69. The van der Waals surface area contributed by atoms with Gasteiger partial charge in [-0.3, -0.25) is 14.9 Å². The number of anilines is 1. The molecule has 130 valence electrons. The van der Waals surface area contributed by atoms with Gasteiger partial charge in [0.1, 0.15) is 5.54 Å². The molecule has 0 aliphatic carbocycles. The van der Waals surface area contributed by atoms with Crippen LogP contribution in [0.4, 0.5) is 10.5 Å². The van der Waals surface area contributed by atoms with Crippen molar-refractivity contribution in [3.8, 4) is 0 Å². The van der Waals surface area contributed by atoms with E-state index in [4.69, 9.17) is 0 Å². The van der Waals surface area contributed by atoms with Crippen molar-refractivity contribution in [3.63, 3.8) is 0 Å². The monoisotopic (exact) mass is 352 g/mol. The highest BCUT2D eigenvalue weighted by molar-refractivity contribution is 6.07. The van der Waals surface area contributed by atoms with Gasteiger partial charge in [0, 0.05) is 11.6 Å². The summed E-state index contributed by atoms with van der Waals surface area (Å²) >= 11 is 0. The largest absolute Gasteiger partial charge is 0.326 e. The zero-order chi connectivity index (χ0) is 16.6. The molecule has 0 radical (unpaired) electrons. The molecule has 2 saturated heterocycles. The normalized spacial score (nSPS) is 24.2. The second-order valence-corrected chi connectivity index (χ2v) is 6.31. The van der Waals surface area contributed by atoms with E-state index in [1.807, 2.05) is 6.92 Å². The lowest BCUT2D eigenvalue weighted by Crippen LogP contribution is -2.48. The maximum Gasteiger partial charge on any atom is 0.322 e. The number of hydrogen-bond donors (Lipinski definition) is 4. The summed E-state index contributed by atoms with van der Waals surface area (Å²) in [4.78, 5) is 35.7. The van der Waals surface area contributed by atoms with Crippen LogP contribution in [0.1, 0.15) is 19.4 Å². The number of benzene rings is 1. The van der Waals surface area contributed by atoms with E-state index in [0.717, 1.165) is 13.1 Å². The zero-order valence-electron chi connectivity index (χ0n) is 13.5. The summed E-state index contributed by atoms with van der Waals surface area (Å²) < 4.78 is 0. The fraction of sp³-hybridized carbons (Fsp3) is 0.438. The fourth-order valence-electron chi connectivity index (χ4n) is 2.79. The highest BCUT2D eigenvalue weighted by Gasteiger charge is 2.43. The second-order valence-electron chi connectivity index (χ2n) is 6.31. The predicted octanol–water partition coefficient (Wildman–Crippen LogP) is 0.957. The van der Waals surface area contributed by atoms with Crippen molar-refractivity contribution in [2.45, 2.75) is 19.4 Å². The van der Waals surface area contributed by atoms with E-state index in [9.17, 15) is 14.4 Å². The number of carbonyl (C=O) groups is 3. The summed E-state index contributed by atoms with van der Waals surface area (Å²) in [5, 5.41) is 10.9. The van der Waals surface area contributed by atoms with Gasteiger partial charge >= 0.3 is 6.03 Å². The van der Waals surface area contributed by atoms with Gasteiger partial charge in [0.2, 0.25) is 5.91 Å². The molecular weight excluding hydrogens is 332 g/mol. The van der Waals surface area contributed by atoms with Crippen molar-refractivity contribution in [3.05, 3.63) is 29.8 Å². The molecule has 0 aromatic heterocycles. The summed E-state index contributed by atoms with van der Waals surface area (Å²) in [6.45, 7) is 5.27. The maximum atomic E-state index is 12.3. The standard InChI is InChI=1S/C16H20N4O3.ClH/c1-9(10-7-17-8-10)13(21)18-12-5-3-4-11(6-12)16(2)14(22)19-15(23)20-16;/h3-6,9-10,17H,7-8H2,1-2H3,(H,18,21)(H2,19,20,22,23);1H. The molecule has 24 heavy (non-hydrogen) atoms. The van der Waals surface area contributed by atoms with Gasteiger partial charge in [-0.2, -0.15) is 0 Å². The summed E-state index contributed by atoms with van der Waals surface area (Å²) in [6.07, 6.45) is 0. The van der Waals surface area contributed by atoms with E-state index in [0.29, 0.717) is 17.2 Å². The first kappa shape index (κ1) is 18.2. The Hall–Kier alpha value is -2.12. The first-order valence-electron chi connectivity index (χ1n) is 7.66. The molecule has 0 bridgehead atoms. The van der Waals surface area contributed by atoms with Crippen LogP contribution in [0.5, 0.6) is 0 Å². The molecule has 2 unspecified atom stereocenters. The highest BCUT2D eigenvalue weighted by Crippen LogP contribution is 2.27. The molecule has 2 fully saturated rings. The molecule has 2 heterocycles. The molecule has 0 spiro atoms. The van der Waals surface area contributed by atoms with Gasteiger partial charge in [-0.25, -0.2) is 4.79 Å². The fourth-order valence-corrected chi connectivity index (χ4v) is 2.79. The first-order valence-corrected chi connectivity index (χ1v) is 7.66. The number of imide groups is 1. The third-order valence-corrected chi connectivity index (χ3v) is 4.69. The van der Waals surface area contributed by atoms with Crippen molar-refractivity contribution in [1.29, 1.82) is 0 Å². The molecule has 8 heteroatoms. The molecule has 2 aliphatic heterocycles. The van der Waals surface area contributed by atoms with Crippen LogP contribution in [0.3, 0.4) is 0 Å². The van der Waals surface area contributed by atoms with Gasteiger partial charge in [-0.15, -0.1) is 12.4 Å². The van der Waals surface area contributed by atoms with Crippen LogP contribution in [-0.4, -0.2) is 30.9 Å². The van der Waals surface area contributed by atoms with Crippen molar-refractivity contribution >= 4 is 35.9 Å². The molecule has 1 aromatic rings. The van der Waals surface area contributed by atoms with Crippen LogP contribution >= 0.6 is 12.4 Å². The minimum Gasteiger partial charge on any atom is -0.326 e. The topological polar surface area (TPSA) is 99.3 Å². The number of amides is 4. The molecule has 0 saturated carbocycles. The van der Waals surface area contributed by atoms with E-state index >= 15 is 0 Å². The van der Waals surface area contributed by atoms with Gasteiger partial charge in [-0.05, 0) is 43.6 Å². The van der Waals surface area contributed by atoms with Gasteiger partial charge in [-0.1, -0.05) is 19.1 Å². The van der Waals surface area contributed by atoms with Gasteiger partial charge in [0.25, 0.3) is 5.91 Å². The average molecular weight is 353 g/mol. The second kappa shape index (κ2) is 6.78. The van der Waals surface area contributed by atoms with E-state index in [-0.39, 0.29) is 24.2 Å². The van der Waals surface area contributed by atoms with Crippen molar-refractivity contribution in [1.82, 2.24) is 16.0 Å². The molecule has 4 N–H and O–H groups in total. The average Bonchev–Trinajstić information content (AvgIpc) is 2.71. The number of halogens is 1. The lowest BCUT2D eigenvalue weighted by Gasteiger charge is -2.31. The quantitative estimate of drug-likeness (QED) is 0.606. The van der Waals surface area contributed by atoms with E-state index in [1.54, 1.807) is 31.2 Å². The SMILES string of the molecule is CC(C(=O)Nc1cccc(C2(C)NC(=O)NC2=O)c1)C1CNC1.Cl. The number of carbonyl (C=O) groups excluding carboxylic acids is 3. The Morgan fingerprint density at radius 3 is 2.58 bits per heavy atom. The lowest BCUT2D eigenvalue weighted by molar-refractivity contribution is -0.123. The minimum absolute atomic E-state index is 0. The number of hydrogen-bond acceptors (Lipinski definition) is 4. The van der Waals surface area contributed by atoms with Gasteiger partial charge in [0.15, 0.2) is 0 Å². The molecule has 1 aromatic carbocycles. The summed E-state index contributed by atoms with van der Waals surface area (Å²) in [5.41, 5.74) is 0.111. The van der Waals surface area contributed by atoms with Gasteiger partial charge < -0.3 is 16.0 Å². The molecular formula is C16H21ClN4O3. The number of urea groups is 1. The van der Waals surface area contributed by atoms with Crippen LogP contribution in [0.25, 0.3) is 0 Å². The molecule has 2 aliphatic rings. The third kappa shape index (κ3) is 3.22. The van der Waals surface area contributed by atoms with E-state index < -0.39 is 17.5 Å². The van der Waals surface area contributed by atoms with E-state index in [2.05, 4.69) is 21.3 Å². The van der Waals surface area contributed by atoms with Crippen LogP contribution in [0.2, 0.25) is 0 Å².